The maximum absolute atomic E-state index is 12.0. The van der Waals surface area contributed by atoms with Crippen LogP contribution in [0.25, 0.3) is 10.1 Å². The van der Waals surface area contributed by atoms with E-state index >= 15 is 0 Å². The van der Waals surface area contributed by atoms with E-state index in [1.165, 1.54) is 7.05 Å². The van der Waals surface area contributed by atoms with Crippen molar-refractivity contribution in [2.24, 2.45) is 0 Å². The molecule has 0 saturated heterocycles. The van der Waals surface area contributed by atoms with Crippen LogP contribution in [0.5, 0.6) is 0 Å². The van der Waals surface area contributed by atoms with Crippen molar-refractivity contribution in [3.63, 3.8) is 0 Å². The van der Waals surface area contributed by atoms with Gasteiger partial charge < -0.3 is 10.1 Å². The molecule has 3 amide bonds. The van der Waals surface area contributed by atoms with Gasteiger partial charge in [-0.2, -0.15) is 0 Å². The van der Waals surface area contributed by atoms with Gasteiger partial charge in [0, 0.05) is 22.2 Å². The first-order valence-corrected chi connectivity index (χ1v) is 7.56. The zero-order valence-corrected chi connectivity index (χ0v) is 13.6. The Kier molecular flexibility index (Phi) is 5.23. The van der Waals surface area contributed by atoms with Crippen LogP contribution < -0.4 is 10.6 Å². The SMILES string of the molecule is CNC(=O)NC(=O)COC(=O)c1sc2cc(Cl)ccc2c1Cl. The fourth-order valence-electron chi connectivity index (χ4n) is 1.59. The topological polar surface area (TPSA) is 84.5 Å². The molecule has 2 N–H and O–H groups in total. The smallest absolute Gasteiger partial charge is 0.350 e. The van der Waals surface area contributed by atoms with Gasteiger partial charge in [-0.25, -0.2) is 9.59 Å². The highest BCUT2D eigenvalue weighted by molar-refractivity contribution is 7.21. The number of thiophene rings is 1. The summed E-state index contributed by atoms with van der Waals surface area (Å²) in [6, 6.07) is 4.36. The van der Waals surface area contributed by atoms with Crippen molar-refractivity contribution in [3.8, 4) is 0 Å². The molecule has 116 valence electrons. The monoisotopic (exact) mass is 360 g/mol. The van der Waals surface area contributed by atoms with Gasteiger partial charge in [-0.3, -0.25) is 10.1 Å². The molecule has 0 radical (unpaired) electrons. The van der Waals surface area contributed by atoms with Crippen LogP contribution >= 0.6 is 34.5 Å². The minimum atomic E-state index is -0.743. The highest BCUT2D eigenvalue weighted by Crippen LogP contribution is 2.37. The number of benzene rings is 1. The van der Waals surface area contributed by atoms with Crippen LogP contribution in [0.3, 0.4) is 0 Å². The Morgan fingerprint density at radius 1 is 1.27 bits per heavy atom. The maximum atomic E-state index is 12.0. The number of carbonyl (C=O) groups excluding carboxylic acids is 3. The predicted octanol–water partition coefficient (Wildman–Crippen LogP) is 2.82. The van der Waals surface area contributed by atoms with Crippen LogP contribution in [0.1, 0.15) is 9.67 Å². The molecule has 0 bridgehead atoms. The summed E-state index contributed by atoms with van der Waals surface area (Å²) in [7, 11) is 1.36. The van der Waals surface area contributed by atoms with Crippen LogP contribution in [0.4, 0.5) is 4.79 Å². The van der Waals surface area contributed by atoms with Gasteiger partial charge in [0.05, 0.1) is 5.02 Å². The number of amides is 3. The molecule has 2 aromatic rings. The molecule has 0 fully saturated rings. The van der Waals surface area contributed by atoms with Crippen molar-refractivity contribution < 1.29 is 19.1 Å². The summed E-state index contributed by atoms with van der Waals surface area (Å²) in [6.45, 7) is -0.586. The van der Waals surface area contributed by atoms with E-state index in [9.17, 15) is 14.4 Å². The third kappa shape index (κ3) is 3.68. The van der Waals surface area contributed by atoms with Gasteiger partial charge in [-0.05, 0) is 12.1 Å². The zero-order valence-electron chi connectivity index (χ0n) is 11.2. The molecule has 1 aromatic heterocycles. The number of ether oxygens (including phenoxy) is 1. The molecule has 0 atom stereocenters. The lowest BCUT2D eigenvalue weighted by Gasteiger charge is -2.04. The lowest BCUT2D eigenvalue weighted by atomic mass is 10.2. The van der Waals surface area contributed by atoms with E-state index in [0.29, 0.717) is 10.4 Å². The second kappa shape index (κ2) is 6.95. The first kappa shape index (κ1) is 16.5. The lowest BCUT2D eigenvalue weighted by Crippen LogP contribution is -2.39. The number of carbonyl (C=O) groups is 3. The van der Waals surface area contributed by atoms with E-state index in [4.69, 9.17) is 27.9 Å². The molecule has 0 aliphatic rings. The van der Waals surface area contributed by atoms with Crippen LogP contribution in [0.2, 0.25) is 10.0 Å². The molecule has 0 saturated carbocycles. The standard InChI is InChI=1S/C13H10Cl2N2O4S/c1-16-13(20)17-9(18)5-21-12(19)11-10(15)7-3-2-6(14)4-8(7)22-11/h2-4H,5H2,1H3,(H2,16,17,18,20). The number of urea groups is 1. The highest BCUT2D eigenvalue weighted by Gasteiger charge is 2.20. The molecule has 0 aliphatic heterocycles. The fourth-order valence-corrected chi connectivity index (χ4v) is 3.27. The second-order valence-corrected chi connectivity index (χ2v) is 5.96. The van der Waals surface area contributed by atoms with E-state index in [2.05, 4.69) is 5.32 Å². The average molecular weight is 361 g/mol. The number of nitrogens with one attached hydrogen (secondary N) is 2. The van der Waals surface area contributed by atoms with Crippen LogP contribution in [-0.4, -0.2) is 31.6 Å². The van der Waals surface area contributed by atoms with Crippen LogP contribution in [0.15, 0.2) is 18.2 Å². The number of fused-ring (bicyclic) bond motifs is 1. The number of halogens is 2. The van der Waals surface area contributed by atoms with Crippen molar-refractivity contribution in [2.75, 3.05) is 13.7 Å². The van der Waals surface area contributed by atoms with Crippen molar-refractivity contribution in [2.45, 2.75) is 0 Å². The summed E-state index contributed by atoms with van der Waals surface area (Å²) in [6.07, 6.45) is 0. The third-order valence-corrected chi connectivity index (χ3v) is 4.46. The lowest BCUT2D eigenvalue weighted by molar-refractivity contribution is -0.123. The maximum Gasteiger partial charge on any atom is 0.350 e. The number of imide groups is 1. The zero-order chi connectivity index (χ0) is 16.3. The van der Waals surface area contributed by atoms with E-state index in [0.717, 1.165) is 16.0 Å². The van der Waals surface area contributed by atoms with E-state index < -0.39 is 24.5 Å². The average Bonchev–Trinajstić information content (AvgIpc) is 2.81. The summed E-state index contributed by atoms with van der Waals surface area (Å²) >= 11 is 13.1. The molecule has 0 aliphatic carbocycles. The molecule has 2 rings (SSSR count). The Balaban J connectivity index is 2.08. The van der Waals surface area contributed by atoms with Gasteiger partial charge in [0.1, 0.15) is 4.88 Å². The molecule has 1 aromatic carbocycles. The Bertz CT molecular complexity index is 760. The molecule has 1 heterocycles. The normalized spacial score (nSPS) is 10.3. The number of hydrogen-bond donors (Lipinski definition) is 2. The minimum absolute atomic E-state index is 0.173. The largest absolute Gasteiger partial charge is 0.451 e. The van der Waals surface area contributed by atoms with Crippen molar-refractivity contribution >= 4 is 62.5 Å². The molecular formula is C13H10Cl2N2O4S. The summed E-state index contributed by atoms with van der Waals surface area (Å²) in [5, 5.41) is 5.62. The van der Waals surface area contributed by atoms with Gasteiger partial charge in [0.15, 0.2) is 6.61 Å². The summed E-state index contributed by atoms with van der Waals surface area (Å²) in [4.78, 5) is 34.4. The van der Waals surface area contributed by atoms with E-state index in [1.54, 1.807) is 18.2 Å². The van der Waals surface area contributed by atoms with E-state index in [-0.39, 0.29) is 9.90 Å². The van der Waals surface area contributed by atoms with Crippen LogP contribution in [-0.2, 0) is 9.53 Å². The highest BCUT2D eigenvalue weighted by atomic mass is 35.5. The quantitative estimate of drug-likeness (QED) is 0.824. The number of rotatable bonds is 3. The van der Waals surface area contributed by atoms with Gasteiger partial charge in [-0.15, -0.1) is 11.3 Å². The first-order chi connectivity index (χ1) is 10.4. The molecule has 0 spiro atoms. The Labute approximate surface area is 139 Å². The Morgan fingerprint density at radius 3 is 2.68 bits per heavy atom. The second-order valence-electron chi connectivity index (χ2n) is 4.09. The minimum Gasteiger partial charge on any atom is -0.451 e. The first-order valence-electron chi connectivity index (χ1n) is 5.98. The van der Waals surface area contributed by atoms with Gasteiger partial charge in [0.2, 0.25) is 0 Å². The van der Waals surface area contributed by atoms with Gasteiger partial charge >= 0.3 is 12.0 Å². The fraction of sp³-hybridized carbons (Fsp3) is 0.154. The van der Waals surface area contributed by atoms with Gasteiger partial charge in [0.25, 0.3) is 5.91 Å². The predicted molar refractivity (Wildman–Crippen MR) is 84.7 cm³/mol. The van der Waals surface area contributed by atoms with Crippen LogP contribution in [0, 0.1) is 0 Å². The number of hydrogen-bond acceptors (Lipinski definition) is 5. The molecule has 0 unspecified atom stereocenters. The summed E-state index contributed by atoms with van der Waals surface area (Å²) < 4.78 is 5.57. The van der Waals surface area contributed by atoms with Gasteiger partial charge in [-0.1, -0.05) is 29.3 Å². The van der Waals surface area contributed by atoms with E-state index in [1.807, 2.05) is 5.32 Å². The number of esters is 1. The van der Waals surface area contributed by atoms with Crippen molar-refractivity contribution in [3.05, 3.63) is 33.1 Å². The summed E-state index contributed by atoms with van der Waals surface area (Å²) in [5.74, 6) is -1.48. The molecule has 6 nitrogen and oxygen atoms in total. The Hall–Kier alpha value is -1.83. The molecule has 22 heavy (non-hydrogen) atoms. The molecular weight excluding hydrogens is 351 g/mol. The third-order valence-electron chi connectivity index (χ3n) is 2.59. The summed E-state index contributed by atoms with van der Waals surface area (Å²) in [5.41, 5.74) is 0. The molecule has 9 heteroatoms. The Morgan fingerprint density at radius 2 is 2.00 bits per heavy atom. The van der Waals surface area contributed by atoms with Crippen molar-refractivity contribution in [1.29, 1.82) is 0 Å². The van der Waals surface area contributed by atoms with Crippen molar-refractivity contribution in [1.82, 2.24) is 10.6 Å².